The van der Waals surface area contributed by atoms with Crippen molar-refractivity contribution in [3.63, 3.8) is 0 Å². The maximum Gasteiger partial charge on any atom is 0.221 e. The van der Waals surface area contributed by atoms with Crippen LogP contribution in [-0.2, 0) is 11.8 Å². The van der Waals surface area contributed by atoms with Crippen molar-refractivity contribution in [1.82, 2.24) is 9.88 Å². The molecule has 1 N–H and O–H groups in total. The highest BCUT2D eigenvalue weighted by Crippen LogP contribution is 2.34. The minimum Gasteiger partial charge on any atom is -0.353 e. The van der Waals surface area contributed by atoms with Crippen molar-refractivity contribution in [2.45, 2.75) is 39.2 Å². The van der Waals surface area contributed by atoms with E-state index in [9.17, 15) is 4.79 Å². The van der Waals surface area contributed by atoms with E-state index in [2.05, 4.69) is 80.3 Å². The Labute approximate surface area is 156 Å². The van der Waals surface area contributed by atoms with E-state index >= 15 is 0 Å². The molecule has 0 saturated carbocycles. The molecule has 0 saturated heterocycles. The number of benzene rings is 2. The lowest BCUT2D eigenvalue weighted by molar-refractivity contribution is -0.122. The third kappa shape index (κ3) is 3.82. The summed E-state index contributed by atoms with van der Waals surface area (Å²) in [5.74, 6) is 0.571. The standard InChI is InChI=1S/C23H28N2O/c1-16(2)17(3)24-23(26)14-20(18-10-6-5-7-11-18)21-15-25(4)22-13-9-8-12-19(21)22/h5-13,15-17,20H,14H2,1-4H3,(H,24,26). The van der Waals surface area contributed by atoms with Gasteiger partial charge in [-0.1, -0.05) is 62.4 Å². The van der Waals surface area contributed by atoms with Crippen LogP contribution in [0.1, 0.15) is 44.2 Å². The average Bonchev–Trinajstić information content (AvgIpc) is 2.97. The van der Waals surface area contributed by atoms with Gasteiger partial charge in [0.15, 0.2) is 0 Å². The third-order valence-electron chi connectivity index (χ3n) is 5.28. The Morgan fingerprint density at radius 3 is 2.35 bits per heavy atom. The summed E-state index contributed by atoms with van der Waals surface area (Å²) in [5.41, 5.74) is 3.58. The number of amides is 1. The minimum atomic E-state index is 0.0432. The van der Waals surface area contributed by atoms with Gasteiger partial charge < -0.3 is 9.88 Å². The number of para-hydroxylation sites is 1. The molecule has 1 heterocycles. The van der Waals surface area contributed by atoms with E-state index in [0.717, 1.165) is 0 Å². The fourth-order valence-corrected chi connectivity index (χ4v) is 3.41. The largest absolute Gasteiger partial charge is 0.353 e. The molecule has 3 rings (SSSR count). The van der Waals surface area contributed by atoms with E-state index in [0.29, 0.717) is 12.3 Å². The van der Waals surface area contributed by atoms with Crippen molar-refractivity contribution < 1.29 is 4.79 Å². The van der Waals surface area contributed by atoms with Crippen LogP contribution in [0.3, 0.4) is 0 Å². The Morgan fingerprint density at radius 2 is 1.65 bits per heavy atom. The van der Waals surface area contributed by atoms with Crippen LogP contribution in [0, 0.1) is 5.92 Å². The lowest BCUT2D eigenvalue weighted by Gasteiger charge is -2.21. The van der Waals surface area contributed by atoms with E-state index in [1.165, 1.54) is 22.0 Å². The molecule has 3 heteroatoms. The summed E-state index contributed by atoms with van der Waals surface area (Å²) in [5, 5.41) is 4.37. The zero-order valence-electron chi connectivity index (χ0n) is 16.1. The number of nitrogens with zero attached hydrogens (tertiary/aromatic N) is 1. The molecule has 2 atom stereocenters. The summed E-state index contributed by atoms with van der Waals surface area (Å²) in [6, 6.07) is 18.9. The van der Waals surface area contributed by atoms with Gasteiger partial charge in [0.05, 0.1) is 0 Å². The second-order valence-corrected chi connectivity index (χ2v) is 7.48. The third-order valence-corrected chi connectivity index (χ3v) is 5.28. The highest BCUT2D eigenvalue weighted by molar-refractivity contribution is 5.86. The number of carbonyl (C=O) groups is 1. The van der Waals surface area contributed by atoms with Crippen LogP contribution in [-0.4, -0.2) is 16.5 Å². The Hall–Kier alpha value is -2.55. The molecule has 0 fully saturated rings. The highest BCUT2D eigenvalue weighted by Gasteiger charge is 2.23. The molecule has 0 aliphatic carbocycles. The lowest BCUT2D eigenvalue weighted by atomic mass is 9.88. The zero-order chi connectivity index (χ0) is 18.7. The maximum atomic E-state index is 12.7. The van der Waals surface area contributed by atoms with Gasteiger partial charge in [-0.3, -0.25) is 4.79 Å². The Bertz CT molecular complexity index is 880. The number of aromatic nitrogens is 1. The normalized spacial score (nSPS) is 13.7. The molecule has 136 valence electrons. The van der Waals surface area contributed by atoms with Crippen molar-refractivity contribution in [2.24, 2.45) is 13.0 Å². The smallest absolute Gasteiger partial charge is 0.221 e. The minimum absolute atomic E-state index is 0.0432. The summed E-state index contributed by atoms with van der Waals surface area (Å²) < 4.78 is 2.15. The van der Waals surface area contributed by atoms with E-state index in [1.54, 1.807) is 0 Å². The SMILES string of the molecule is CC(C)C(C)NC(=O)CC(c1ccccc1)c1cn(C)c2ccccc12. The van der Waals surface area contributed by atoms with Gasteiger partial charge in [-0.2, -0.15) is 0 Å². The highest BCUT2D eigenvalue weighted by atomic mass is 16.1. The summed E-state index contributed by atoms with van der Waals surface area (Å²) in [6.45, 7) is 6.33. The molecule has 26 heavy (non-hydrogen) atoms. The van der Waals surface area contributed by atoms with Crippen LogP contribution in [0.5, 0.6) is 0 Å². The van der Waals surface area contributed by atoms with Gasteiger partial charge in [-0.15, -0.1) is 0 Å². The molecule has 1 amide bonds. The van der Waals surface area contributed by atoms with Gasteiger partial charge in [0.2, 0.25) is 5.91 Å². The average molecular weight is 348 g/mol. The molecule has 3 aromatic rings. The molecule has 2 aromatic carbocycles. The summed E-state index contributed by atoms with van der Waals surface area (Å²) in [6.07, 6.45) is 2.62. The van der Waals surface area contributed by atoms with E-state index in [-0.39, 0.29) is 17.9 Å². The molecule has 2 unspecified atom stereocenters. The number of carbonyl (C=O) groups excluding carboxylic acids is 1. The molecule has 1 aromatic heterocycles. The van der Waals surface area contributed by atoms with Gasteiger partial charge in [0.1, 0.15) is 0 Å². The first kappa shape index (κ1) is 18.2. The second-order valence-electron chi connectivity index (χ2n) is 7.48. The van der Waals surface area contributed by atoms with Crippen LogP contribution in [0.25, 0.3) is 10.9 Å². The van der Waals surface area contributed by atoms with Gasteiger partial charge >= 0.3 is 0 Å². The number of aryl methyl sites for hydroxylation is 1. The molecule has 0 aliphatic heterocycles. The summed E-state index contributed by atoms with van der Waals surface area (Å²) in [7, 11) is 2.06. The first-order chi connectivity index (χ1) is 12.5. The van der Waals surface area contributed by atoms with E-state index < -0.39 is 0 Å². The Kier molecular flexibility index (Phi) is 5.46. The van der Waals surface area contributed by atoms with E-state index in [1.807, 2.05) is 18.2 Å². The van der Waals surface area contributed by atoms with Crippen molar-refractivity contribution in [3.05, 3.63) is 71.9 Å². The molecule has 0 radical (unpaired) electrons. The van der Waals surface area contributed by atoms with Gasteiger partial charge in [0.25, 0.3) is 0 Å². The predicted molar refractivity (Wildman–Crippen MR) is 108 cm³/mol. The molecular formula is C23H28N2O. The molecule has 0 aliphatic rings. The molecule has 0 spiro atoms. The van der Waals surface area contributed by atoms with Crippen molar-refractivity contribution >= 4 is 16.8 Å². The number of nitrogens with one attached hydrogen (secondary N) is 1. The quantitative estimate of drug-likeness (QED) is 0.678. The Morgan fingerprint density at radius 1 is 1.00 bits per heavy atom. The van der Waals surface area contributed by atoms with Crippen LogP contribution in [0.15, 0.2) is 60.8 Å². The number of hydrogen-bond donors (Lipinski definition) is 1. The fourth-order valence-electron chi connectivity index (χ4n) is 3.41. The fraction of sp³-hybridized carbons (Fsp3) is 0.348. The van der Waals surface area contributed by atoms with Crippen molar-refractivity contribution in [3.8, 4) is 0 Å². The van der Waals surface area contributed by atoms with Gasteiger partial charge in [-0.25, -0.2) is 0 Å². The number of rotatable bonds is 6. The lowest BCUT2D eigenvalue weighted by Crippen LogP contribution is -2.36. The van der Waals surface area contributed by atoms with Crippen LogP contribution in [0.2, 0.25) is 0 Å². The van der Waals surface area contributed by atoms with Crippen molar-refractivity contribution in [2.75, 3.05) is 0 Å². The van der Waals surface area contributed by atoms with Gasteiger partial charge in [0, 0.05) is 42.5 Å². The molecule has 0 bridgehead atoms. The summed E-state index contributed by atoms with van der Waals surface area (Å²) >= 11 is 0. The number of hydrogen-bond acceptors (Lipinski definition) is 1. The molecular weight excluding hydrogens is 320 g/mol. The van der Waals surface area contributed by atoms with Crippen molar-refractivity contribution in [1.29, 1.82) is 0 Å². The van der Waals surface area contributed by atoms with Crippen LogP contribution in [0.4, 0.5) is 0 Å². The second kappa shape index (κ2) is 7.77. The molecule has 3 nitrogen and oxygen atoms in total. The zero-order valence-corrected chi connectivity index (χ0v) is 16.1. The van der Waals surface area contributed by atoms with Gasteiger partial charge in [-0.05, 0) is 30.0 Å². The topological polar surface area (TPSA) is 34.0 Å². The first-order valence-corrected chi connectivity index (χ1v) is 9.35. The summed E-state index contributed by atoms with van der Waals surface area (Å²) in [4.78, 5) is 12.7. The van der Waals surface area contributed by atoms with Crippen LogP contribution < -0.4 is 5.32 Å². The Balaban J connectivity index is 1.98. The van der Waals surface area contributed by atoms with E-state index in [4.69, 9.17) is 0 Å². The predicted octanol–water partition coefficient (Wildman–Crippen LogP) is 4.86. The first-order valence-electron chi connectivity index (χ1n) is 9.35. The maximum absolute atomic E-state index is 12.7. The monoisotopic (exact) mass is 348 g/mol. The van der Waals surface area contributed by atoms with Crippen LogP contribution >= 0.6 is 0 Å². The number of fused-ring (bicyclic) bond motifs is 1.